The molecular weight excluding hydrogens is 254 g/mol. The zero-order valence-corrected chi connectivity index (χ0v) is 10.8. The Morgan fingerprint density at radius 3 is 2.78 bits per heavy atom. The van der Waals surface area contributed by atoms with Crippen LogP contribution >= 0.6 is 12.4 Å². The van der Waals surface area contributed by atoms with Crippen molar-refractivity contribution < 1.29 is 14.9 Å². The second-order valence-corrected chi connectivity index (χ2v) is 3.95. The summed E-state index contributed by atoms with van der Waals surface area (Å²) in [5, 5.41) is 19.3. The van der Waals surface area contributed by atoms with Gasteiger partial charge in [-0.3, -0.25) is 0 Å². The molecule has 1 aromatic carbocycles. The quantitative estimate of drug-likeness (QED) is 0.533. The highest BCUT2D eigenvalue weighted by Gasteiger charge is 2.28. The zero-order valence-electron chi connectivity index (χ0n) is 10.0. The van der Waals surface area contributed by atoms with Gasteiger partial charge in [-0.05, 0) is 18.6 Å². The number of hydrogen-bond donors (Lipinski definition) is 3. The molecule has 0 amide bonds. The van der Waals surface area contributed by atoms with Crippen molar-refractivity contribution >= 4 is 12.4 Å². The summed E-state index contributed by atoms with van der Waals surface area (Å²) in [4.78, 5) is 0. The number of ether oxygens (including phenoxy) is 1. The zero-order chi connectivity index (χ0) is 12.4. The van der Waals surface area contributed by atoms with Gasteiger partial charge < -0.3 is 20.7 Å². The van der Waals surface area contributed by atoms with Crippen LogP contribution in [-0.4, -0.2) is 22.9 Å². The smallest absolute Gasteiger partial charge is 0.161 e. The molecule has 0 saturated heterocycles. The molecule has 1 aliphatic rings. The highest BCUT2D eigenvalue weighted by atomic mass is 35.5. The SMILES string of the molecule is CC#CC1Cc2c(ccc(O)c2O)C(CN)O1.Cl. The Hall–Kier alpha value is -1.41. The number of rotatable bonds is 1. The predicted octanol–water partition coefficient (Wildman–Crippen LogP) is 1.48. The summed E-state index contributed by atoms with van der Waals surface area (Å²) < 4.78 is 5.71. The van der Waals surface area contributed by atoms with Crippen LogP contribution in [0.1, 0.15) is 24.2 Å². The number of phenolic OH excluding ortho intramolecular Hbond substituents is 2. The summed E-state index contributed by atoms with van der Waals surface area (Å²) in [6.45, 7) is 2.05. The van der Waals surface area contributed by atoms with Gasteiger partial charge in [-0.25, -0.2) is 0 Å². The average molecular weight is 270 g/mol. The topological polar surface area (TPSA) is 75.7 Å². The van der Waals surface area contributed by atoms with Crippen LogP contribution in [0.15, 0.2) is 12.1 Å². The maximum Gasteiger partial charge on any atom is 0.161 e. The first kappa shape index (κ1) is 14.7. The second kappa shape index (κ2) is 5.96. The van der Waals surface area contributed by atoms with Gasteiger partial charge >= 0.3 is 0 Å². The van der Waals surface area contributed by atoms with Gasteiger partial charge in [0.2, 0.25) is 0 Å². The van der Waals surface area contributed by atoms with Crippen LogP contribution in [0, 0.1) is 11.8 Å². The second-order valence-electron chi connectivity index (χ2n) is 3.95. The van der Waals surface area contributed by atoms with Crippen molar-refractivity contribution in [1.29, 1.82) is 0 Å². The van der Waals surface area contributed by atoms with Crippen LogP contribution in [0.2, 0.25) is 0 Å². The Balaban J connectivity index is 0.00000162. The van der Waals surface area contributed by atoms with Crippen molar-refractivity contribution in [1.82, 2.24) is 0 Å². The fourth-order valence-corrected chi connectivity index (χ4v) is 2.09. The van der Waals surface area contributed by atoms with Crippen LogP contribution in [0.5, 0.6) is 11.5 Å². The lowest BCUT2D eigenvalue weighted by Gasteiger charge is -2.29. The number of nitrogens with two attached hydrogens (primary N) is 1. The third-order valence-corrected chi connectivity index (χ3v) is 2.88. The number of halogens is 1. The first-order chi connectivity index (χ1) is 8.17. The lowest BCUT2D eigenvalue weighted by molar-refractivity contribution is 0.00967. The molecule has 0 radical (unpaired) electrons. The molecule has 0 aliphatic carbocycles. The molecule has 0 spiro atoms. The Morgan fingerprint density at radius 2 is 2.17 bits per heavy atom. The fraction of sp³-hybridized carbons (Fsp3) is 0.385. The molecule has 4 N–H and O–H groups in total. The van der Waals surface area contributed by atoms with E-state index in [1.165, 1.54) is 6.07 Å². The van der Waals surface area contributed by atoms with Gasteiger partial charge in [0.1, 0.15) is 6.10 Å². The third-order valence-electron chi connectivity index (χ3n) is 2.88. The number of aromatic hydroxyl groups is 2. The maximum atomic E-state index is 9.85. The van der Waals surface area contributed by atoms with Gasteiger partial charge in [0.05, 0.1) is 6.10 Å². The standard InChI is InChI=1S/C13H15NO3.ClH/c1-2-3-8-6-10-9(12(7-14)17-8)4-5-11(15)13(10)16;/h4-5,8,12,15-16H,6-7,14H2,1H3;1H. The van der Waals surface area contributed by atoms with Crippen LogP contribution in [0.25, 0.3) is 0 Å². The molecule has 18 heavy (non-hydrogen) atoms. The normalized spacial score (nSPS) is 21.2. The molecule has 2 rings (SSSR count). The molecule has 98 valence electrons. The number of hydrogen-bond acceptors (Lipinski definition) is 4. The molecule has 1 heterocycles. The summed E-state index contributed by atoms with van der Waals surface area (Å²) >= 11 is 0. The van der Waals surface area contributed by atoms with E-state index in [1.54, 1.807) is 13.0 Å². The highest BCUT2D eigenvalue weighted by Crippen LogP contribution is 2.39. The molecule has 0 fully saturated rings. The molecular formula is C13H16ClNO3. The van der Waals surface area contributed by atoms with E-state index < -0.39 is 0 Å². The Kier molecular flexibility index (Phi) is 4.85. The lowest BCUT2D eigenvalue weighted by atomic mass is 9.93. The van der Waals surface area contributed by atoms with E-state index in [1.807, 2.05) is 0 Å². The summed E-state index contributed by atoms with van der Waals surface area (Å²) in [6, 6.07) is 3.18. The molecule has 1 aromatic rings. The number of phenols is 2. The molecule has 4 nitrogen and oxygen atoms in total. The van der Waals surface area contributed by atoms with E-state index in [0.717, 1.165) is 5.56 Å². The summed E-state index contributed by atoms with van der Waals surface area (Å²) in [5.74, 6) is 5.49. The van der Waals surface area contributed by atoms with Crippen molar-refractivity contribution in [3.05, 3.63) is 23.3 Å². The van der Waals surface area contributed by atoms with Gasteiger partial charge in [0, 0.05) is 18.5 Å². The van der Waals surface area contributed by atoms with Gasteiger partial charge in [-0.15, -0.1) is 18.3 Å². The van der Waals surface area contributed by atoms with E-state index in [9.17, 15) is 10.2 Å². The maximum absolute atomic E-state index is 9.85. The van der Waals surface area contributed by atoms with Gasteiger partial charge in [-0.2, -0.15) is 0 Å². The van der Waals surface area contributed by atoms with Crippen molar-refractivity contribution in [2.45, 2.75) is 25.6 Å². The minimum atomic E-state index is -0.284. The molecule has 2 unspecified atom stereocenters. The van der Waals surface area contributed by atoms with Gasteiger partial charge in [0.15, 0.2) is 11.5 Å². The van der Waals surface area contributed by atoms with E-state index >= 15 is 0 Å². The molecule has 1 aliphatic heterocycles. The van der Waals surface area contributed by atoms with Crippen LogP contribution in [-0.2, 0) is 11.2 Å². The number of benzene rings is 1. The third kappa shape index (κ3) is 2.54. The molecule has 0 bridgehead atoms. The van der Waals surface area contributed by atoms with E-state index in [-0.39, 0.29) is 36.1 Å². The van der Waals surface area contributed by atoms with Crippen molar-refractivity contribution in [2.75, 3.05) is 6.54 Å². The van der Waals surface area contributed by atoms with Crippen LogP contribution < -0.4 is 5.73 Å². The van der Waals surface area contributed by atoms with E-state index in [4.69, 9.17) is 10.5 Å². The molecule has 0 saturated carbocycles. The van der Waals surface area contributed by atoms with E-state index in [0.29, 0.717) is 18.5 Å². The Morgan fingerprint density at radius 1 is 1.44 bits per heavy atom. The Labute approximate surface area is 112 Å². The van der Waals surface area contributed by atoms with Gasteiger partial charge in [0.25, 0.3) is 0 Å². The predicted molar refractivity (Wildman–Crippen MR) is 70.8 cm³/mol. The first-order valence-corrected chi connectivity index (χ1v) is 5.48. The summed E-state index contributed by atoms with van der Waals surface area (Å²) in [6.07, 6.45) is -0.0998. The summed E-state index contributed by atoms with van der Waals surface area (Å²) in [5.41, 5.74) is 7.16. The minimum Gasteiger partial charge on any atom is -0.504 e. The molecule has 0 aromatic heterocycles. The minimum absolute atomic E-state index is 0. The van der Waals surface area contributed by atoms with Crippen molar-refractivity contribution in [3.8, 4) is 23.3 Å². The average Bonchev–Trinajstić information content (AvgIpc) is 2.34. The summed E-state index contributed by atoms with van der Waals surface area (Å²) in [7, 11) is 0. The van der Waals surface area contributed by atoms with Crippen LogP contribution in [0.4, 0.5) is 0 Å². The number of fused-ring (bicyclic) bond motifs is 1. The highest BCUT2D eigenvalue weighted by molar-refractivity contribution is 5.85. The largest absolute Gasteiger partial charge is 0.504 e. The lowest BCUT2D eigenvalue weighted by Crippen LogP contribution is -2.29. The molecule has 5 heteroatoms. The monoisotopic (exact) mass is 269 g/mol. The van der Waals surface area contributed by atoms with E-state index in [2.05, 4.69) is 11.8 Å². The Bertz CT molecular complexity index is 493. The van der Waals surface area contributed by atoms with Crippen molar-refractivity contribution in [2.24, 2.45) is 5.73 Å². The van der Waals surface area contributed by atoms with Crippen molar-refractivity contribution in [3.63, 3.8) is 0 Å². The fourth-order valence-electron chi connectivity index (χ4n) is 2.09. The van der Waals surface area contributed by atoms with Crippen LogP contribution in [0.3, 0.4) is 0 Å². The first-order valence-electron chi connectivity index (χ1n) is 5.48. The van der Waals surface area contributed by atoms with Gasteiger partial charge in [-0.1, -0.05) is 12.0 Å². The molecule has 2 atom stereocenters.